The fraction of sp³-hybridized carbons (Fsp3) is 0.235. The van der Waals surface area contributed by atoms with Gasteiger partial charge >= 0.3 is 5.97 Å². The van der Waals surface area contributed by atoms with Crippen LogP contribution in [0.2, 0.25) is 0 Å². The smallest absolute Gasteiger partial charge is 0.358 e. The first-order valence-corrected chi connectivity index (χ1v) is 8.44. The van der Waals surface area contributed by atoms with Gasteiger partial charge in [-0.3, -0.25) is 4.79 Å². The number of ether oxygens (including phenoxy) is 3. The second-order valence-corrected chi connectivity index (χ2v) is 5.76. The minimum Gasteiger partial charge on any atom is -0.493 e. The molecule has 0 aliphatic carbocycles. The summed E-state index contributed by atoms with van der Waals surface area (Å²) < 4.78 is 15.3. The third kappa shape index (κ3) is 5.21. The topological polar surface area (TPSA) is 98.8 Å². The Kier molecular flexibility index (Phi) is 6.98. The Bertz CT molecular complexity index is 790. The molecule has 0 saturated carbocycles. The van der Waals surface area contributed by atoms with Gasteiger partial charge in [-0.2, -0.15) is 0 Å². The number of thiazole rings is 1. The minimum atomic E-state index is -0.671. The molecule has 138 valence electrons. The summed E-state index contributed by atoms with van der Waals surface area (Å²) in [6.45, 7) is 3.69. The van der Waals surface area contributed by atoms with E-state index in [0.717, 1.165) is 0 Å². The molecule has 9 heteroatoms. The third-order valence-corrected chi connectivity index (χ3v) is 3.91. The van der Waals surface area contributed by atoms with Gasteiger partial charge in [0, 0.05) is 23.7 Å². The number of amides is 1. The Morgan fingerprint density at radius 2 is 2.04 bits per heavy atom. The number of anilines is 2. The Labute approximate surface area is 154 Å². The van der Waals surface area contributed by atoms with Crippen molar-refractivity contribution < 1.29 is 23.8 Å². The van der Waals surface area contributed by atoms with Crippen molar-refractivity contribution in [2.24, 2.45) is 0 Å². The number of carbonyl (C=O) groups is 2. The molecular formula is C17H19N3O5S. The van der Waals surface area contributed by atoms with Gasteiger partial charge in [-0.15, -0.1) is 17.9 Å². The number of nitrogens with one attached hydrogen (secondary N) is 2. The number of hydrogen-bond acceptors (Lipinski definition) is 8. The predicted molar refractivity (Wildman–Crippen MR) is 99.3 cm³/mol. The monoisotopic (exact) mass is 377 g/mol. The van der Waals surface area contributed by atoms with Gasteiger partial charge in [0.05, 0.1) is 14.2 Å². The third-order valence-electron chi connectivity index (χ3n) is 3.11. The van der Waals surface area contributed by atoms with Crippen LogP contribution >= 0.6 is 11.3 Å². The molecule has 2 aromatic rings. The van der Waals surface area contributed by atoms with E-state index in [2.05, 4.69) is 22.2 Å². The van der Waals surface area contributed by atoms with Crippen molar-refractivity contribution >= 4 is 34.0 Å². The zero-order valence-electron chi connectivity index (χ0n) is 14.4. The Balaban J connectivity index is 1.87. The van der Waals surface area contributed by atoms with Crippen LogP contribution in [0.25, 0.3) is 0 Å². The lowest BCUT2D eigenvalue weighted by molar-refractivity contribution is -0.119. The van der Waals surface area contributed by atoms with Gasteiger partial charge in [0.25, 0.3) is 5.91 Å². The number of esters is 1. The molecule has 1 aromatic carbocycles. The van der Waals surface area contributed by atoms with E-state index in [1.54, 1.807) is 29.7 Å². The van der Waals surface area contributed by atoms with E-state index in [1.807, 2.05) is 0 Å². The lowest BCUT2D eigenvalue weighted by atomic mass is 10.2. The van der Waals surface area contributed by atoms with Gasteiger partial charge in [-0.1, -0.05) is 6.08 Å². The van der Waals surface area contributed by atoms with Crippen LogP contribution in [0.3, 0.4) is 0 Å². The second kappa shape index (κ2) is 9.42. The molecule has 0 atom stereocenters. The first-order valence-electron chi connectivity index (χ1n) is 7.56. The largest absolute Gasteiger partial charge is 0.493 e. The van der Waals surface area contributed by atoms with Gasteiger partial charge in [-0.05, 0) is 12.1 Å². The number of carbonyl (C=O) groups excluding carboxylic acids is 2. The van der Waals surface area contributed by atoms with Crippen molar-refractivity contribution in [3.63, 3.8) is 0 Å². The summed E-state index contributed by atoms with van der Waals surface area (Å²) in [5.41, 5.74) is 0.633. The molecule has 1 heterocycles. The second-order valence-electron chi connectivity index (χ2n) is 4.90. The summed E-state index contributed by atoms with van der Waals surface area (Å²) in [4.78, 5) is 28.0. The minimum absolute atomic E-state index is 0.139. The first kappa shape index (κ1) is 19.3. The molecule has 0 bridgehead atoms. The number of hydrogen-bond donors (Lipinski definition) is 2. The standard InChI is InChI=1S/C17H19N3O5S/c1-4-7-18-17-20-12(10-26-17)16(22)25-9-15(21)19-11-5-6-13(23-2)14(8-11)24-3/h4-6,8,10H,1,7,9H2,2-3H3,(H,18,20)(H,19,21). The van der Waals surface area contributed by atoms with Gasteiger partial charge in [0.2, 0.25) is 0 Å². The molecule has 8 nitrogen and oxygen atoms in total. The van der Waals surface area contributed by atoms with E-state index in [0.29, 0.717) is 28.9 Å². The zero-order chi connectivity index (χ0) is 18.9. The number of methoxy groups -OCH3 is 2. The summed E-state index contributed by atoms with van der Waals surface area (Å²) in [5, 5.41) is 7.71. The molecule has 2 rings (SSSR count). The van der Waals surface area contributed by atoms with Crippen molar-refractivity contribution in [2.45, 2.75) is 0 Å². The van der Waals surface area contributed by atoms with Crippen molar-refractivity contribution in [1.82, 2.24) is 4.98 Å². The van der Waals surface area contributed by atoms with E-state index in [4.69, 9.17) is 14.2 Å². The summed E-state index contributed by atoms with van der Waals surface area (Å²) in [6, 6.07) is 4.92. The number of benzene rings is 1. The highest BCUT2D eigenvalue weighted by atomic mass is 32.1. The van der Waals surface area contributed by atoms with Crippen LogP contribution in [0.5, 0.6) is 11.5 Å². The lowest BCUT2D eigenvalue weighted by Crippen LogP contribution is -2.21. The van der Waals surface area contributed by atoms with E-state index in [9.17, 15) is 9.59 Å². The number of nitrogens with zero attached hydrogens (tertiary/aromatic N) is 1. The SMILES string of the molecule is C=CCNc1nc(C(=O)OCC(=O)Nc2ccc(OC)c(OC)c2)cs1. The molecule has 0 aliphatic rings. The Morgan fingerprint density at radius 1 is 1.27 bits per heavy atom. The van der Waals surface area contributed by atoms with Gasteiger partial charge in [-0.25, -0.2) is 9.78 Å². The fourth-order valence-electron chi connectivity index (χ4n) is 1.92. The maximum absolute atomic E-state index is 11.9. The van der Waals surface area contributed by atoms with Gasteiger partial charge < -0.3 is 24.8 Å². The molecule has 0 aliphatic heterocycles. The molecule has 0 fully saturated rings. The molecule has 1 amide bonds. The fourth-order valence-corrected chi connectivity index (χ4v) is 2.61. The zero-order valence-corrected chi connectivity index (χ0v) is 15.2. The highest BCUT2D eigenvalue weighted by Crippen LogP contribution is 2.29. The molecule has 0 spiro atoms. The van der Waals surface area contributed by atoms with Gasteiger partial charge in [0.1, 0.15) is 0 Å². The van der Waals surface area contributed by atoms with Crippen molar-refractivity contribution in [2.75, 3.05) is 38.0 Å². The van der Waals surface area contributed by atoms with Crippen LogP contribution in [0.1, 0.15) is 10.5 Å². The Hall–Kier alpha value is -3.07. The maximum atomic E-state index is 11.9. The molecule has 26 heavy (non-hydrogen) atoms. The van der Waals surface area contributed by atoms with Crippen LogP contribution in [0.4, 0.5) is 10.8 Å². The molecular weight excluding hydrogens is 358 g/mol. The first-order chi connectivity index (χ1) is 12.6. The van der Waals surface area contributed by atoms with Crippen LogP contribution in [0.15, 0.2) is 36.2 Å². The van der Waals surface area contributed by atoms with Crippen molar-refractivity contribution in [1.29, 1.82) is 0 Å². The average Bonchev–Trinajstić information content (AvgIpc) is 3.13. The summed E-state index contributed by atoms with van der Waals surface area (Å²) in [7, 11) is 3.02. The van der Waals surface area contributed by atoms with E-state index < -0.39 is 18.5 Å². The highest BCUT2D eigenvalue weighted by molar-refractivity contribution is 7.13. The lowest BCUT2D eigenvalue weighted by Gasteiger charge is -2.10. The highest BCUT2D eigenvalue weighted by Gasteiger charge is 2.14. The maximum Gasteiger partial charge on any atom is 0.358 e. The normalized spacial score (nSPS) is 9.92. The van der Waals surface area contributed by atoms with Crippen LogP contribution in [0, 0.1) is 0 Å². The Morgan fingerprint density at radius 3 is 2.73 bits per heavy atom. The molecule has 2 N–H and O–H groups in total. The summed E-state index contributed by atoms with van der Waals surface area (Å²) in [6.07, 6.45) is 1.68. The van der Waals surface area contributed by atoms with Crippen LogP contribution in [-0.2, 0) is 9.53 Å². The number of aromatic nitrogens is 1. The van der Waals surface area contributed by atoms with Crippen LogP contribution < -0.4 is 20.1 Å². The van der Waals surface area contributed by atoms with E-state index >= 15 is 0 Å². The molecule has 0 unspecified atom stereocenters. The van der Waals surface area contributed by atoms with E-state index in [-0.39, 0.29) is 5.69 Å². The van der Waals surface area contributed by atoms with Crippen molar-refractivity contribution in [3.05, 3.63) is 41.9 Å². The average molecular weight is 377 g/mol. The molecule has 0 saturated heterocycles. The number of rotatable bonds is 9. The summed E-state index contributed by atoms with van der Waals surface area (Å²) in [5.74, 6) is -0.133. The molecule has 1 aromatic heterocycles. The van der Waals surface area contributed by atoms with Crippen LogP contribution in [-0.4, -0.2) is 44.2 Å². The van der Waals surface area contributed by atoms with Crippen molar-refractivity contribution in [3.8, 4) is 11.5 Å². The summed E-state index contributed by atoms with van der Waals surface area (Å²) >= 11 is 1.27. The van der Waals surface area contributed by atoms with E-state index in [1.165, 1.54) is 25.6 Å². The predicted octanol–water partition coefficient (Wildman–Crippen LogP) is 2.55. The quantitative estimate of drug-likeness (QED) is 0.512. The van der Waals surface area contributed by atoms with Gasteiger partial charge in [0.15, 0.2) is 28.9 Å². The molecule has 0 radical (unpaired) electrons.